The lowest BCUT2D eigenvalue weighted by molar-refractivity contribution is 0.0614. The van der Waals surface area contributed by atoms with Crippen molar-refractivity contribution < 1.29 is 4.79 Å². The summed E-state index contributed by atoms with van der Waals surface area (Å²) >= 11 is 7.94. The fourth-order valence-corrected chi connectivity index (χ4v) is 6.10. The van der Waals surface area contributed by atoms with Gasteiger partial charge in [-0.2, -0.15) is 11.3 Å². The van der Waals surface area contributed by atoms with Crippen LogP contribution in [0, 0.1) is 5.92 Å². The van der Waals surface area contributed by atoms with Crippen molar-refractivity contribution in [2.24, 2.45) is 5.92 Å². The SMILES string of the molecule is O=C(c1ccccc1)N1C[C@@H](c2ccsc2)[C@@H]2CN(Cc3cccc(Cl)c3)CC[C@@H]21. The highest BCUT2D eigenvalue weighted by Crippen LogP contribution is 2.43. The van der Waals surface area contributed by atoms with Gasteiger partial charge in [0.15, 0.2) is 0 Å². The van der Waals surface area contributed by atoms with E-state index in [2.05, 4.69) is 38.8 Å². The Morgan fingerprint density at radius 2 is 1.93 bits per heavy atom. The van der Waals surface area contributed by atoms with E-state index in [1.165, 1.54) is 11.1 Å². The summed E-state index contributed by atoms with van der Waals surface area (Å²) in [4.78, 5) is 18.0. The molecular formula is C25H25ClN2OS. The van der Waals surface area contributed by atoms with Gasteiger partial charge < -0.3 is 4.90 Å². The Morgan fingerprint density at radius 3 is 2.70 bits per heavy atom. The van der Waals surface area contributed by atoms with Crippen molar-refractivity contribution in [3.63, 3.8) is 0 Å². The van der Waals surface area contributed by atoms with Gasteiger partial charge in [-0.3, -0.25) is 9.69 Å². The van der Waals surface area contributed by atoms with Crippen LogP contribution in [0.25, 0.3) is 0 Å². The first kappa shape index (κ1) is 19.8. The average Bonchev–Trinajstić information content (AvgIpc) is 3.41. The number of thiophene rings is 1. The molecule has 5 rings (SSSR count). The van der Waals surface area contributed by atoms with Gasteiger partial charge in [-0.05, 0) is 58.6 Å². The van der Waals surface area contributed by atoms with Crippen LogP contribution in [0.1, 0.15) is 33.8 Å². The zero-order chi connectivity index (χ0) is 20.5. The minimum Gasteiger partial charge on any atom is -0.335 e. The van der Waals surface area contributed by atoms with E-state index < -0.39 is 0 Å². The van der Waals surface area contributed by atoms with E-state index in [0.29, 0.717) is 17.9 Å². The highest BCUT2D eigenvalue weighted by molar-refractivity contribution is 7.08. The molecule has 2 saturated heterocycles. The Morgan fingerprint density at radius 1 is 1.07 bits per heavy atom. The summed E-state index contributed by atoms with van der Waals surface area (Å²) in [5.74, 6) is 1.03. The highest BCUT2D eigenvalue weighted by Gasteiger charge is 2.47. The number of rotatable bonds is 4. The molecule has 0 unspecified atom stereocenters. The van der Waals surface area contributed by atoms with Crippen molar-refractivity contribution in [2.75, 3.05) is 19.6 Å². The van der Waals surface area contributed by atoms with Gasteiger partial charge in [-0.1, -0.05) is 41.9 Å². The minimum absolute atomic E-state index is 0.173. The van der Waals surface area contributed by atoms with Crippen molar-refractivity contribution >= 4 is 28.8 Å². The third kappa shape index (κ3) is 3.92. The van der Waals surface area contributed by atoms with Gasteiger partial charge >= 0.3 is 0 Å². The maximum atomic E-state index is 13.3. The van der Waals surface area contributed by atoms with E-state index >= 15 is 0 Å². The van der Waals surface area contributed by atoms with Crippen LogP contribution in [0.15, 0.2) is 71.4 Å². The van der Waals surface area contributed by atoms with Gasteiger partial charge in [0, 0.05) is 54.6 Å². The molecule has 3 atom stereocenters. The third-order valence-electron chi connectivity index (χ3n) is 6.56. The van der Waals surface area contributed by atoms with Crippen LogP contribution in [0.4, 0.5) is 0 Å². The molecule has 3 nitrogen and oxygen atoms in total. The molecule has 2 aromatic carbocycles. The first-order valence-corrected chi connectivity index (χ1v) is 11.9. The molecule has 0 saturated carbocycles. The summed E-state index contributed by atoms with van der Waals surface area (Å²) in [7, 11) is 0. The fraction of sp³-hybridized carbons (Fsp3) is 0.320. The Hall–Kier alpha value is -2.14. The van der Waals surface area contributed by atoms with E-state index in [9.17, 15) is 4.79 Å². The lowest BCUT2D eigenvalue weighted by atomic mass is 9.82. The number of fused-ring (bicyclic) bond motifs is 1. The topological polar surface area (TPSA) is 23.6 Å². The number of carbonyl (C=O) groups is 1. The number of likely N-dealkylation sites (tertiary alicyclic amines) is 2. The normalized spacial score (nSPS) is 24.0. The van der Waals surface area contributed by atoms with Crippen LogP contribution >= 0.6 is 22.9 Å². The Balaban J connectivity index is 1.38. The van der Waals surface area contributed by atoms with Gasteiger partial charge in [0.1, 0.15) is 0 Å². The molecule has 0 radical (unpaired) electrons. The molecule has 1 aromatic heterocycles. The summed E-state index contributed by atoms with van der Waals surface area (Å²) < 4.78 is 0. The van der Waals surface area contributed by atoms with E-state index in [0.717, 1.165) is 43.2 Å². The Labute approximate surface area is 186 Å². The Bertz CT molecular complexity index is 1010. The first-order valence-electron chi connectivity index (χ1n) is 10.5. The van der Waals surface area contributed by atoms with Crippen LogP contribution in [0.3, 0.4) is 0 Å². The molecule has 2 aliphatic heterocycles. The molecule has 0 spiro atoms. The van der Waals surface area contributed by atoms with Crippen molar-refractivity contribution in [1.82, 2.24) is 9.80 Å². The molecular weight excluding hydrogens is 412 g/mol. The molecule has 2 aliphatic rings. The van der Waals surface area contributed by atoms with E-state index in [-0.39, 0.29) is 5.91 Å². The van der Waals surface area contributed by atoms with Gasteiger partial charge in [0.2, 0.25) is 0 Å². The van der Waals surface area contributed by atoms with E-state index in [4.69, 9.17) is 11.6 Å². The lowest BCUT2D eigenvalue weighted by Gasteiger charge is -2.39. The summed E-state index contributed by atoms with van der Waals surface area (Å²) in [6.45, 7) is 3.73. The molecule has 154 valence electrons. The van der Waals surface area contributed by atoms with Crippen LogP contribution < -0.4 is 0 Å². The third-order valence-corrected chi connectivity index (χ3v) is 7.50. The summed E-state index contributed by atoms with van der Waals surface area (Å²) in [6, 6.07) is 20.4. The zero-order valence-electron chi connectivity index (χ0n) is 16.8. The molecule has 0 N–H and O–H groups in total. The van der Waals surface area contributed by atoms with E-state index in [1.807, 2.05) is 42.5 Å². The minimum atomic E-state index is 0.173. The second kappa shape index (κ2) is 8.54. The standard InChI is InChI=1S/C25H25ClN2OS/c26-21-8-4-5-18(13-21)14-27-11-9-24-23(15-27)22(20-10-12-30-17-20)16-28(24)25(29)19-6-2-1-3-7-19/h1-8,10,12-13,17,22-24H,9,11,14-16H2/t22-,23-,24-/m0/s1. The van der Waals surface area contributed by atoms with E-state index in [1.54, 1.807) is 11.3 Å². The number of carbonyl (C=O) groups excluding carboxylic acids is 1. The zero-order valence-corrected chi connectivity index (χ0v) is 18.4. The van der Waals surface area contributed by atoms with Gasteiger partial charge in [-0.15, -0.1) is 0 Å². The predicted octanol–water partition coefficient (Wildman–Crippen LogP) is 5.53. The summed E-state index contributed by atoms with van der Waals surface area (Å²) in [5.41, 5.74) is 3.43. The maximum absolute atomic E-state index is 13.3. The van der Waals surface area contributed by atoms with Crippen LogP contribution in [0.5, 0.6) is 0 Å². The summed E-state index contributed by atoms with van der Waals surface area (Å²) in [5, 5.41) is 5.20. The number of benzene rings is 2. The average molecular weight is 437 g/mol. The second-order valence-electron chi connectivity index (χ2n) is 8.37. The van der Waals surface area contributed by atoms with Gasteiger partial charge in [-0.25, -0.2) is 0 Å². The number of piperidine rings is 1. The molecule has 3 aromatic rings. The molecule has 5 heteroatoms. The van der Waals surface area contributed by atoms with Crippen LogP contribution in [-0.4, -0.2) is 41.4 Å². The quantitative estimate of drug-likeness (QED) is 0.536. The number of hydrogen-bond acceptors (Lipinski definition) is 3. The molecule has 30 heavy (non-hydrogen) atoms. The number of hydrogen-bond donors (Lipinski definition) is 0. The van der Waals surface area contributed by atoms with Crippen molar-refractivity contribution in [3.8, 4) is 0 Å². The second-order valence-corrected chi connectivity index (χ2v) is 9.59. The van der Waals surface area contributed by atoms with Crippen molar-refractivity contribution in [3.05, 3.63) is 93.1 Å². The van der Waals surface area contributed by atoms with Crippen molar-refractivity contribution in [1.29, 1.82) is 0 Å². The number of amides is 1. The molecule has 1 amide bonds. The highest BCUT2D eigenvalue weighted by atomic mass is 35.5. The predicted molar refractivity (Wildman–Crippen MR) is 123 cm³/mol. The van der Waals surface area contributed by atoms with Gasteiger partial charge in [0.05, 0.1) is 0 Å². The first-order chi connectivity index (χ1) is 14.7. The maximum Gasteiger partial charge on any atom is 0.254 e. The lowest BCUT2D eigenvalue weighted by Crippen LogP contribution is -2.47. The van der Waals surface area contributed by atoms with Crippen LogP contribution in [-0.2, 0) is 6.54 Å². The largest absolute Gasteiger partial charge is 0.335 e. The number of halogens is 1. The molecule has 3 heterocycles. The van der Waals surface area contributed by atoms with Crippen LogP contribution in [0.2, 0.25) is 5.02 Å². The fourth-order valence-electron chi connectivity index (χ4n) is 5.16. The smallest absolute Gasteiger partial charge is 0.254 e. The molecule has 0 aliphatic carbocycles. The summed E-state index contributed by atoms with van der Waals surface area (Å²) in [6.07, 6.45) is 1.02. The van der Waals surface area contributed by atoms with Crippen molar-refractivity contribution in [2.45, 2.75) is 24.9 Å². The Kier molecular flexibility index (Phi) is 5.64. The molecule has 0 bridgehead atoms. The number of nitrogens with zero attached hydrogens (tertiary/aromatic N) is 2. The molecule has 2 fully saturated rings. The van der Waals surface area contributed by atoms with Gasteiger partial charge in [0.25, 0.3) is 5.91 Å². The monoisotopic (exact) mass is 436 g/mol.